The Morgan fingerprint density at radius 2 is 1.06 bits per heavy atom. The van der Waals surface area contributed by atoms with Crippen LogP contribution in [0.5, 0.6) is 23.0 Å². The smallest absolute Gasteiger partial charge is 0.308 e. The van der Waals surface area contributed by atoms with Crippen molar-refractivity contribution < 1.29 is 29.3 Å². The fourth-order valence-corrected chi connectivity index (χ4v) is 13.2. The standard InChI is InChI=1S/C76H60Cl4N2O6/c1-39-20-22-41(3)58(32-39)62-37-60(72(59-33-40(2)21-23-42(59)4)69(76(62)88-48(10)84)49-14-11-15-52(85)34-49)54-16-13-19-66(87-47(9)83)71(54)53-28-24-43(5)67(46(53)8)56-17-12-18-65(86)70(56)63-36-51(77)35-61(73(63)79)55-29-26-45(7)82-75(55)57-30-31-64(78)68(74(57)80)50-27-25-44(6)81-38-50/h11-38,85-86H,1-10H3. The van der Waals surface area contributed by atoms with Crippen LogP contribution in [0.3, 0.4) is 0 Å². The summed E-state index contributed by atoms with van der Waals surface area (Å²) < 4.78 is 12.7. The number of hydrogen-bond acceptors (Lipinski definition) is 8. The Hall–Kier alpha value is -9.02. The molecule has 0 aliphatic carbocycles. The molecule has 0 spiro atoms. The van der Waals surface area contributed by atoms with Gasteiger partial charge in [-0.05, 0) is 189 Å². The molecular formula is C76H60Cl4N2O6. The molecule has 88 heavy (non-hydrogen) atoms. The van der Waals surface area contributed by atoms with Gasteiger partial charge in [0.05, 0.1) is 15.7 Å². The highest BCUT2D eigenvalue weighted by molar-refractivity contribution is 6.41. The summed E-state index contributed by atoms with van der Waals surface area (Å²) in [6.07, 6.45) is 1.74. The molecule has 0 amide bonds. The van der Waals surface area contributed by atoms with E-state index in [1.165, 1.54) is 13.8 Å². The lowest BCUT2D eigenvalue weighted by atomic mass is 9.79. The SMILES string of the molecule is CC(=O)Oc1cccc(-c2cc(-c3cc(C)ccc3C)c(OC(C)=O)c(-c3cccc(O)c3)c2-c2cc(C)ccc2C)c1-c1ccc(C)c(-c2cccc(O)c2-c2cc(Cl)cc(-c3ccc(C)nc3-c3ccc(Cl)c(-c4ccc(C)nc4)c3Cl)c2Cl)c1C. The number of carbonyl (C=O) groups is 2. The monoisotopic (exact) mass is 1240 g/mol. The summed E-state index contributed by atoms with van der Waals surface area (Å²) in [7, 11) is 0. The Labute approximate surface area is 532 Å². The molecule has 2 N–H and O–H groups in total. The van der Waals surface area contributed by atoms with Gasteiger partial charge in [0.25, 0.3) is 0 Å². The van der Waals surface area contributed by atoms with Crippen molar-refractivity contribution in [2.45, 2.75) is 69.2 Å². The molecule has 0 bridgehead atoms. The van der Waals surface area contributed by atoms with E-state index >= 15 is 0 Å². The molecule has 0 unspecified atom stereocenters. The molecule has 438 valence electrons. The number of esters is 2. The van der Waals surface area contributed by atoms with Gasteiger partial charge in [0, 0.05) is 103 Å². The Morgan fingerprint density at radius 1 is 0.420 bits per heavy atom. The predicted molar refractivity (Wildman–Crippen MR) is 360 cm³/mol. The maximum atomic E-state index is 13.6. The molecule has 12 heteroatoms. The summed E-state index contributed by atoms with van der Waals surface area (Å²) in [5.74, 6) is -0.497. The third kappa shape index (κ3) is 11.6. The molecule has 0 atom stereocenters. The molecule has 11 rings (SSSR count). The number of benzene rings is 9. The van der Waals surface area contributed by atoms with Crippen LogP contribution in [0, 0.1) is 55.4 Å². The van der Waals surface area contributed by atoms with Gasteiger partial charge in [0.15, 0.2) is 0 Å². The van der Waals surface area contributed by atoms with Crippen LogP contribution >= 0.6 is 46.4 Å². The first-order valence-corrected chi connectivity index (χ1v) is 30.1. The number of aromatic hydroxyl groups is 2. The van der Waals surface area contributed by atoms with Crippen LogP contribution in [0.1, 0.15) is 58.6 Å². The maximum absolute atomic E-state index is 13.6. The summed E-state index contributed by atoms with van der Waals surface area (Å²) in [4.78, 5) is 36.6. The van der Waals surface area contributed by atoms with E-state index in [1.807, 2.05) is 134 Å². The van der Waals surface area contributed by atoms with Gasteiger partial charge in [-0.25, -0.2) is 0 Å². The number of pyridine rings is 2. The van der Waals surface area contributed by atoms with Crippen LogP contribution < -0.4 is 9.47 Å². The molecule has 0 radical (unpaired) electrons. The molecule has 0 aliphatic heterocycles. The summed E-state index contributed by atoms with van der Waals surface area (Å²) >= 11 is 29.2. The highest BCUT2D eigenvalue weighted by Gasteiger charge is 2.31. The minimum Gasteiger partial charge on any atom is -0.508 e. The van der Waals surface area contributed by atoms with Crippen molar-refractivity contribution >= 4 is 58.3 Å². The lowest BCUT2D eigenvalue weighted by molar-refractivity contribution is -0.132. The normalized spacial score (nSPS) is 11.2. The van der Waals surface area contributed by atoms with Gasteiger partial charge in [-0.15, -0.1) is 0 Å². The van der Waals surface area contributed by atoms with E-state index in [4.69, 9.17) is 60.9 Å². The third-order valence-corrected chi connectivity index (χ3v) is 17.3. The minimum absolute atomic E-state index is 0.0180. The zero-order valence-electron chi connectivity index (χ0n) is 50.1. The molecule has 0 saturated heterocycles. The number of nitrogens with zero attached hydrogens (tertiary/aromatic N) is 2. The van der Waals surface area contributed by atoms with Crippen molar-refractivity contribution in [3.63, 3.8) is 0 Å². The van der Waals surface area contributed by atoms with Gasteiger partial charge >= 0.3 is 11.9 Å². The largest absolute Gasteiger partial charge is 0.508 e. The molecule has 0 aliphatic rings. The highest BCUT2D eigenvalue weighted by atomic mass is 35.5. The zero-order valence-corrected chi connectivity index (χ0v) is 53.1. The fourth-order valence-electron chi connectivity index (χ4n) is 12.0. The van der Waals surface area contributed by atoms with E-state index in [0.29, 0.717) is 115 Å². The first-order valence-electron chi connectivity index (χ1n) is 28.6. The number of phenolic OH excluding ortho intramolecular Hbond substituents is 2. The lowest BCUT2D eigenvalue weighted by Gasteiger charge is -2.27. The van der Waals surface area contributed by atoms with Crippen molar-refractivity contribution in [1.82, 2.24) is 9.97 Å². The molecule has 9 aromatic carbocycles. The van der Waals surface area contributed by atoms with E-state index in [9.17, 15) is 19.8 Å². The topological polar surface area (TPSA) is 119 Å². The zero-order chi connectivity index (χ0) is 62.6. The maximum Gasteiger partial charge on any atom is 0.308 e. The highest BCUT2D eigenvalue weighted by Crippen LogP contribution is 2.56. The van der Waals surface area contributed by atoms with Gasteiger partial charge in [0.1, 0.15) is 23.0 Å². The molecule has 0 saturated carbocycles. The van der Waals surface area contributed by atoms with Gasteiger partial charge in [-0.2, -0.15) is 0 Å². The Kier molecular flexibility index (Phi) is 17.0. The average molecular weight is 1240 g/mol. The molecule has 0 fully saturated rings. The number of ether oxygens (including phenoxy) is 2. The second-order valence-electron chi connectivity index (χ2n) is 22.4. The number of carbonyl (C=O) groups excluding carboxylic acids is 2. The molecule has 2 heterocycles. The second kappa shape index (κ2) is 24.6. The Bertz CT molecular complexity index is 4690. The van der Waals surface area contributed by atoms with Crippen LogP contribution in [0.15, 0.2) is 170 Å². The molecule has 11 aromatic rings. The first kappa shape index (κ1) is 60.7. The van der Waals surface area contributed by atoms with Gasteiger partial charge < -0.3 is 19.7 Å². The first-order chi connectivity index (χ1) is 42.1. The van der Waals surface area contributed by atoms with Crippen LogP contribution in [-0.2, 0) is 9.59 Å². The lowest BCUT2D eigenvalue weighted by Crippen LogP contribution is -2.08. The minimum atomic E-state index is -0.532. The van der Waals surface area contributed by atoms with Crippen molar-refractivity contribution in [1.29, 1.82) is 0 Å². The molecule has 8 nitrogen and oxygen atoms in total. The van der Waals surface area contributed by atoms with Crippen LogP contribution in [0.25, 0.3) is 111 Å². The fraction of sp³-hybridized carbons (Fsp3) is 0.132. The predicted octanol–water partition coefficient (Wildman–Crippen LogP) is 21.5. The van der Waals surface area contributed by atoms with Crippen LogP contribution in [-0.4, -0.2) is 32.1 Å². The van der Waals surface area contributed by atoms with Crippen molar-refractivity contribution in [2.75, 3.05) is 0 Å². The summed E-state index contributed by atoms with van der Waals surface area (Å²) in [6.45, 7) is 18.7. The van der Waals surface area contributed by atoms with E-state index in [2.05, 4.69) is 35.3 Å². The van der Waals surface area contributed by atoms with E-state index in [-0.39, 0.29) is 17.2 Å². The number of halogens is 4. The average Bonchev–Trinajstić information content (AvgIpc) is 1.05. The quantitative estimate of drug-likeness (QED) is 0.0917. The number of aryl methyl sites for hydroxylation is 7. The van der Waals surface area contributed by atoms with E-state index in [0.717, 1.165) is 67.0 Å². The molecule has 2 aromatic heterocycles. The number of aromatic nitrogens is 2. The molecular weight excluding hydrogens is 1180 g/mol. The van der Waals surface area contributed by atoms with Gasteiger partial charge in [0.2, 0.25) is 0 Å². The second-order valence-corrected chi connectivity index (χ2v) is 24.0. The van der Waals surface area contributed by atoms with E-state index in [1.54, 1.807) is 60.8 Å². The number of hydrogen-bond donors (Lipinski definition) is 2. The van der Waals surface area contributed by atoms with Crippen molar-refractivity contribution in [2.24, 2.45) is 0 Å². The van der Waals surface area contributed by atoms with Crippen molar-refractivity contribution in [3.05, 3.63) is 235 Å². The van der Waals surface area contributed by atoms with Crippen molar-refractivity contribution in [3.8, 4) is 134 Å². The summed E-state index contributed by atoms with van der Waals surface area (Å²) in [6, 6.07) is 51.3. The van der Waals surface area contributed by atoms with Gasteiger partial charge in [-0.1, -0.05) is 155 Å². The van der Waals surface area contributed by atoms with Crippen LogP contribution in [0.4, 0.5) is 0 Å². The van der Waals surface area contributed by atoms with Gasteiger partial charge in [-0.3, -0.25) is 19.6 Å². The van der Waals surface area contributed by atoms with E-state index < -0.39 is 11.9 Å². The summed E-state index contributed by atoms with van der Waals surface area (Å²) in [5.41, 5.74) is 19.8. The third-order valence-electron chi connectivity index (χ3n) is 16.0. The number of rotatable bonds is 12. The Morgan fingerprint density at radius 3 is 1.76 bits per heavy atom. The summed E-state index contributed by atoms with van der Waals surface area (Å²) in [5, 5.41) is 25.1. The Balaban J connectivity index is 1.19. The number of phenols is 2. The van der Waals surface area contributed by atoms with Crippen LogP contribution in [0.2, 0.25) is 20.1 Å².